The molecule has 0 bridgehead atoms. The molecule has 1 amide bonds. The molecule has 4 heterocycles. The second-order valence-corrected chi connectivity index (χ2v) is 10.2. The van der Waals surface area contributed by atoms with Crippen molar-refractivity contribution in [3.05, 3.63) is 17.9 Å². The number of nitrogens with zero attached hydrogens (tertiary/aromatic N) is 4. The number of hydrogen-bond donors (Lipinski definition) is 0. The van der Waals surface area contributed by atoms with Crippen molar-refractivity contribution in [1.82, 2.24) is 19.0 Å². The molecule has 0 aromatic carbocycles. The average Bonchev–Trinajstić information content (AvgIpc) is 3.46. The number of rotatable bonds is 6. The Morgan fingerprint density at radius 1 is 0.828 bits per heavy atom. The van der Waals surface area contributed by atoms with Gasteiger partial charge in [-0.25, -0.2) is 8.42 Å². The van der Waals surface area contributed by atoms with Crippen LogP contribution in [-0.4, -0.2) is 92.2 Å². The van der Waals surface area contributed by atoms with Crippen LogP contribution in [0.5, 0.6) is 0 Å². The first-order chi connectivity index (χ1) is 14.0. The fraction of sp³-hybridized carbons (Fsp3) is 0.750. The molecule has 3 aliphatic heterocycles. The van der Waals surface area contributed by atoms with E-state index in [0.29, 0.717) is 31.9 Å². The second-order valence-electron chi connectivity index (χ2n) is 8.33. The fourth-order valence-corrected chi connectivity index (χ4v) is 5.90. The number of sulfonamides is 1. The molecule has 4 rings (SSSR count). The molecule has 0 N–H and O–H groups in total. The summed E-state index contributed by atoms with van der Waals surface area (Å²) in [5, 5.41) is 0.0575. The first-order valence-corrected chi connectivity index (χ1v) is 12.3. The Balaban J connectivity index is 1.29. The van der Waals surface area contributed by atoms with Crippen LogP contribution in [0.15, 0.2) is 21.6 Å². The molecule has 162 valence electrons. The van der Waals surface area contributed by atoms with Gasteiger partial charge in [-0.1, -0.05) is 0 Å². The van der Waals surface area contributed by atoms with Gasteiger partial charge in [0, 0.05) is 39.3 Å². The van der Waals surface area contributed by atoms with Crippen molar-refractivity contribution in [1.29, 1.82) is 0 Å². The Labute approximate surface area is 173 Å². The van der Waals surface area contributed by atoms with Crippen LogP contribution in [0.25, 0.3) is 0 Å². The highest BCUT2D eigenvalue weighted by molar-refractivity contribution is 7.89. The van der Waals surface area contributed by atoms with Gasteiger partial charge in [-0.15, -0.1) is 0 Å². The van der Waals surface area contributed by atoms with Crippen LogP contribution >= 0.6 is 0 Å². The summed E-state index contributed by atoms with van der Waals surface area (Å²) < 4.78 is 32.5. The third-order valence-corrected chi connectivity index (χ3v) is 7.95. The summed E-state index contributed by atoms with van der Waals surface area (Å²) in [6.07, 6.45) is 5.07. The predicted octanol–water partition coefficient (Wildman–Crippen LogP) is 1.19. The molecular formula is C20H32N4O4S. The maximum absolute atomic E-state index is 12.6. The van der Waals surface area contributed by atoms with Gasteiger partial charge in [-0.2, -0.15) is 4.31 Å². The molecule has 3 saturated heterocycles. The van der Waals surface area contributed by atoms with Crippen molar-refractivity contribution >= 4 is 15.9 Å². The van der Waals surface area contributed by atoms with Gasteiger partial charge >= 0.3 is 0 Å². The number of hydrogen-bond acceptors (Lipinski definition) is 6. The SMILES string of the molecule is O=C(CN1CCCN(Cc2ccc(S(=O)(=O)N3CCCC3)o2)CC1)N1CCCC1. The van der Waals surface area contributed by atoms with Gasteiger partial charge < -0.3 is 9.32 Å². The van der Waals surface area contributed by atoms with E-state index in [-0.39, 0.29) is 11.0 Å². The van der Waals surface area contributed by atoms with Gasteiger partial charge in [-0.05, 0) is 57.3 Å². The predicted molar refractivity (Wildman–Crippen MR) is 109 cm³/mol. The van der Waals surface area contributed by atoms with Crippen molar-refractivity contribution in [2.75, 3.05) is 58.9 Å². The van der Waals surface area contributed by atoms with Crippen molar-refractivity contribution < 1.29 is 17.6 Å². The molecule has 3 aliphatic rings. The summed E-state index contributed by atoms with van der Waals surface area (Å²) in [6, 6.07) is 3.37. The molecule has 0 spiro atoms. The smallest absolute Gasteiger partial charge is 0.276 e. The molecule has 0 atom stereocenters. The summed E-state index contributed by atoms with van der Waals surface area (Å²) >= 11 is 0. The van der Waals surface area contributed by atoms with E-state index in [1.54, 1.807) is 12.1 Å². The molecule has 0 radical (unpaired) electrons. The first kappa shape index (κ1) is 20.8. The van der Waals surface area contributed by atoms with Crippen LogP contribution in [0, 0.1) is 0 Å². The van der Waals surface area contributed by atoms with E-state index >= 15 is 0 Å². The first-order valence-electron chi connectivity index (χ1n) is 10.8. The zero-order chi connectivity index (χ0) is 20.3. The molecule has 1 aromatic heterocycles. The maximum Gasteiger partial charge on any atom is 0.276 e. The topological polar surface area (TPSA) is 77.3 Å². The zero-order valence-electron chi connectivity index (χ0n) is 17.1. The summed E-state index contributed by atoms with van der Waals surface area (Å²) in [6.45, 7) is 7.61. The summed E-state index contributed by atoms with van der Waals surface area (Å²) in [7, 11) is -3.50. The third-order valence-electron chi connectivity index (χ3n) is 6.17. The Hall–Kier alpha value is -1.42. The standard InChI is InChI=1S/C20H32N4O4S/c25-19(23-10-1-2-11-23)17-22-9-5-8-21(14-15-22)16-18-6-7-20(28-18)29(26,27)24-12-3-4-13-24/h6-7H,1-5,8-17H2. The largest absolute Gasteiger partial charge is 0.447 e. The van der Waals surface area contributed by atoms with Gasteiger partial charge in [-0.3, -0.25) is 14.6 Å². The molecule has 9 heteroatoms. The van der Waals surface area contributed by atoms with E-state index in [2.05, 4.69) is 9.80 Å². The van der Waals surface area contributed by atoms with Gasteiger partial charge in [0.1, 0.15) is 5.76 Å². The summed E-state index contributed by atoms with van der Waals surface area (Å²) in [4.78, 5) is 18.9. The van der Waals surface area contributed by atoms with Crippen molar-refractivity contribution in [2.24, 2.45) is 0 Å². The van der Waals surface area contributed by atoms with Crippen molar-refractivity contribution in [3.63, 3.8) is 0 Å². The number of amides is 1. The average molecular weight is 425 g/mol. The van der Waals surface area contributed by atoms with E-state index in [9.17, 15) is 13.2 Å². The number of carbonyl (C=O) groups excluding carboxylic acids is 1. The molecule has 0 saturated carbocycles. The van der Waals surface area contributed by atoms with E-state index in [0.717, 1.165) is 71.4 Å². The Kier molecular flexibility index (Phi) is 6.58. The Morgan fingerprint density at radius 2 is 1.48 bits per heavy atom. The van der Waals surface area contributed by atoms with Crippen molar-refractivity contribution in [2.45, 2.75) is 43.7 Å². The minimum Gasteiger partial charge on any atom is -0.447 e. The van der Waals surface area contributed by atoms with Gasteiger partial charge in [0.05, 0.1) is 13.1 Å². The molecule has 0 aliphatic carbocycles. The summed E-state index contributed by atoms with van der Waals surface area (Å²) in [5.41, 5.74) is 0. The maximum atomic E-state index is 12.6. The van der Waals surface area contributed by atoms with E-state index in [4.69, 9.17) is 4.42 Å². The quantitative estimate of drug-likeness (QED) is 0.683. The third kappa shape index (κ3) is 5.02. The van der Waals surface area contributed by atoms with Gasteiger partial charge in [0.2, 0.25) is 11.0 Å². The molecule has 3 fully saturated rings. The normalized spacial score (nSPS) is 23.0. The lowest BCUT2D eigenvalue weighted by atomic mass is 10.3. The molecule has 8 nitrogen and oxygen atoms in total. The van der Waals surface area contributed by atoms with E-state index in [1.807, 2.05) is 4.90 Å². The molecule has 0 unspecified atom stereocenters. The van der Waals surface area contributed by atoms with Crippen LogP contribution in [0.1, 0.15) is 37.9 Å². The monoisotopic (exact) mass is 424 g/mol. The fourth-order valence-electron chi connectivity index (χ4n) is 4.46. The highest BCUT2D eigenvalue weighted by Crippen LogP contribution is 2.23. The molecule has 29 heavy (non-hydrogen) atoms. The highest BCUT2D eigenvalue weighted by atomic mass is 32.2. The number of furan rings is 1. The second kappa shape index (κ2) is 9.16. The lowest BCUT2D eigenvalue weighted by Gasteiger charge is -2.23. The molecular weight excluding hydrogens is 392 g/mol. The minimum atomic E-state index is -3.50. The Morgan fingerprint density at radius 3 is 2.24 bits per heavy atom. The number of likely N-dealkylation sites (tertiary alicyclic amines) is 1. The Bertz CT molecular complexity index is 797. The highest BCUT2D eigenvalue weighted by Gasteiger charge is 2.30. The van der Waals surface area contributed by atoms with Crippen LogP contribution in [0.3, 0.4) is 0 Å². The van der Waals surface area contributed by atoms with Crippen molar-refractivity contribution in [3.8, 4) is 0 Å². The minimum absolute atomic E-state index is 0.0575. The van der Waals surface area contributed by atoms with Crippen LogP contribution in [0.4, 0.5) is 0 Å². The molecule has 1 aromatic rings. The zero-order valence-corrected chi connectivity index (χ0v) is 17.9. The summed E-state index contributed by atoms with van der Waals surface area (Å²) in [5.74, 6) is 0.933. The van der Waals surface area contributed by atoms with Crippen LogP contribution < -0.4 is 0 Å². The van der Waals surface area contributed by atoms with Gasteiger partial charge in [0.25, 0.3) is 10.0 Å². The van der Waals surface area contributed by atoms with Crippen LogP contribution in [0.2, 0.25) is 0 Å². The van der Waals surface area contributed by atoms with E-state index < -0.39 is 10.0 Å². The lowest BCUT2D eigenvalue weighted by Crippen LogP contribution is -2.40. The van der Waals surface area contributed by atoms with E-state index in [1.165, 1.54) is 4.31 Å². The number of carbonyl (C=O) groups is 1. The van der Waals surface area contributed by atoms with Crippen LogP contribution in [-0.2, 0) is 21.4 Å². The lowest BCUT2D eigenvalue weighted by molar-refractivity contribution is -0.131. The van der Waals surface area contributed by atoms with Gasteiger partial charge in [0.15, 0.2) is 0 Å².